The second-order valence-electron chi connectivity index (χ2n) is 8.31. The van der Waals surface area contributed by atoms with Crippen LogP contribution in [0.3, 0.4) is 0 Å². The zero-order chi connectivity index (χ0) is 22.9. The quantitative estimate of drug-likeness (QED) is 0.316. The Morgan fingerprint density at radius 3 is 2.59 bits per heavy atom. The summed E-state index contributed by atoms with van der Waals surface area (Å²) in [6, 6.07) is 15.5. The van der Waals surface area contributed by atoms with E-state index in [1.54, 1.807) is 11.3 Å². The highest BCUT2D eigenvalue weighted by Gasteiger charge is 2.22. The highest BCUT2D eigenvalue weighted by Crippen LogP contribution is 2.30. The number of carbonyl (C=O) groups is 1. The number of morpholine rings is 1. The summed E-state index contributed by atoms with van der Waals surface area (Å²) >= 11 is 1.57. The van der Waals surface area contributed by atoms with Gasteiger partial charge in [-0.1, -0.05) is 43.2 Å². The first-order chi connectivity index (χ1) is 16.2. The van der Waals surface area contributed by atoms with Gasteiger partial charge in [-0.2, -0.15) is 0 Å². The molecule has 2 heterocycles. The molecule has 6 nitrogen and oxygen atoms in total. The van der Waals surface area contributed by atoms with Gasteiger partial charge in [0.05, 0.1) is 30.0 Å². The molecule has 4 rings (SSSR count). The molecule has 0 bridgehead atoms. The van der Waals surface area contributed by atoms with E-state index >= 15 is 0 Å². The highest BCUT2D eigenvalue weighted by molar-refractivity contribution is 7.22. The Kier molecular flexibility index (Phi) is 10.6. The molecular weight excluding hydrogens is 470 g/mol. The van der Waals surface area contributed by atoms with Crippen molar-refractivity contribution in [3.05, 3.63) is 54.1 Å². The number of ether oxygens (including phenoxy) is 2. The Labute approximate surface area is 212 Å². The fourth-order valence-corrected chi connectivity index (χ4v) is 4.92. The molecule has 0 N–H and O–H groups in total. The minimum absolute atomic E-state index is 0. The highest BCUT2D eigenvalue weighted by atomic mass is 35.5. The van der Waals surface area contributed by atoms with E-state index in [1.807, 2.05) is 47.4 Å². The number of aromatic nitrogens is 1. The summed E-state index contributed by atoms with van der Waals surface area (Å²) < 4.78 is 12.3. The predicted molar refractivity (Wildman–Crippen MR) is 142 cm³/mol. The van der Waals surface area contributed by atoms with Crippen LogP contribution >= 0.6 is 23.7 Å². The van der Waals surface area contributed by atoms with Gasteiger partial charge >= 0.3 is 0 Å². The molecule has 1 aromatic heterocycles. The van der Waals surface area contributed by atoms with E-state index < -0.39 is 0 Å². The van der Waals surface area contributed by atoms with Gasteiger partial charge in [0.25, 0.3) is 5.91 Å². The average Bonchev–Trinajstić information content (AvgIpc) is 3.29. The van der Waals surface area contributed by atoms with Crippen LogP contribution in [0.25, 0.3) is 10.2 Å². The van der Waals surface area contributed by atoms with Crippen LogP contribution in [0.4, 0.5) is 5.13 Å². The van der Waals surface area contributed by atoms with Gasteiger partial charge in [0.15, 0.2) is 5.13 Å². The molecule has 34 heavy (non-hydrogen) atoms. The molecule has 1 amide bonds. The summed E-state index contributed by atoms with van der Waals surface area (Å²) in [5.41, 5.74) is 1.58. The first-order valence-electron chi connectivity index (χ1n) is 11.9. The SMILES string of the molecule is CCCCCOc1ccc(C(=O)N(CCCN2CCOCC2)c2nc3ccccc3s2)cc1.Cl. The standard InChI is InChI=1S/C26H33N3O3S.ClH/c1-2-3-6-18-32-22-12-10-21(11-13-22)25(30)29(15-7-14-28-16-19-31-20-17-28)26-27-23-8-4-5-9-24(23)33-26;/h4-5,8-13H,2-3,6-7,14-20H2,1H3;1H. The van der Waals surface area contributed by atoms with E-state index in [2.05, 4.69) is 17.9 Å². The third kappa shape index (κ3) is 7.15. The van der Waals surface area contributed by atoms with Crippen molar-refractivity contribution in [2.45, 2.75) is 32.6 Å². The van der Waals surface area contributed by atoms with Gasteiger partial charge in [-0.3, -0.25) is 14.6 Å². The second-order valence-corrected chi connectivity index (χ2v) is 9.32. The Balaban J connectivity index is 0.00000324. The minimum Gasteiger partial charge on any atom is -0.494 e. The predicted octanol–water partition coefficient (Wildman–Crippen LogP) is 5.66. The number of hydrogen-bond acceptors (Lipinski definition) is 6. The van der Waals surface area contributed by atoms with E-state index in [0.717, 1.165) is 73.2 Å². The van der Waals surface area contributed by atoms with E-state index in [0.29, 0.717) is 18.7 Å². The molecule has 0 spiro atoms. The lowest BCUT2D eigenvalue weighted by atomic mass is 10.2. The van der Waals surface area contributed by atoms with E-state index in [-0.39, 0.29) is 18.3 Å². The molecule has 0 unspecified atom stereocenters. The summed E-state index contributed by atoms with van der Waals surface area (Å²) in [5, 5.41) is 0.753. The molecule has 184 valence electrons. The Morgan fingerprint density at radius 2 is 1.85 bits per heavy atom. The Morgan fingerprint density at radius 1 is 1.09 bits per heavy atom. The first kappa shape index (κ1) is 26.4. The van der Waals surface area contributed by atoms with Gasteiger partial charge in [-0.05, 0) is 49.2 Å². The number of benzene rings is 2. The third-order valence-electron chi connectivity index (χ3n) is 5.84. The summed E-state index contributed by atoms with van der Waals surface area (Å²) in [7, 11) is 0. The van der Waals surface area contributed by atoms with Crippen LogP contribution in [0.2, 0.25) is 0 Å². The monoisotopic (exact) mass is 503 g/mol. The minimum atomic E-state index is -0.0198. The fraction of sp³-hybridized carbons (Fsp3) is 0.462. The molecule has 3 aromatic rings. The van der Waals surface area contributed by atoms with Crippen LogP contribution in [0.5, 0.6) is 5.75 Å². The van der Waals surface area contributed by atoms with Crippen LogP contribution < -0.4 is 9.64 Å². The summed E-state index contributed by atoms with van der Waals surface area (Å²) in [5.74, 6) is 0.787. The largest absolute Gasteiger partial charge is 0.494 e. The van der Waals surface area contributed by atoms with Gasteiger partial charge < -0.3 is 9.47 Å². The molecule has 1 saturated heterocycles. The maximum atomic E-state index is 13.5. The Hall–Kier alpha value is -2.19. The van der Waals surface area contributed by atoms with Crippen molar-refractivity contribution in [1.29, 1.82) is 0 Å². The van der Waals surface area contributed by atoms with Gasteiger partial charge in [0.1, 0.15) is 5.75 Å². The van der Waals surface area contributed by atoms with Gasteiger partial charge in [0, 0.05) is 31.7 Å². The molecule has 0 aliphatic carbocycles. The topological polar surface area (TPSA) is 54.9 Å². The number of unbranched alkanes of at least 4 members (excludes halogenated alkanes) is 2. The zero-order valence-corrected chi connectivity index (χ0v) is 21.4. The zero-order valence-electron chi connectivity index (χ0n) is 19.8. The number of anilines is 1. The molecule has 0 saturated carbocycles. The van der Waals surface area contributed by atoms with Gasteiger partial charge in [-0.15, -0.1) is 12.4 Å². The summed E-state index contributed by atoms with van der Waals surface area (Å²) in [6.45, 7) is 7.94. The van der Waals surface area contributed by atoms with Gasteiger partial charge in [0.2, 0.25) is 0 Å². The number of hydrogen-bond donors (Lipinski definition) is 0. The lowest BCUT2D eigenvalue weighted by Crippen LogP contribution is -2.39. The number of nitrogens with zero attached hydrogens (tertiary/aromatic N) is 3. The third-order valence-corrected chi connectivity index (χ3v) is 6.90. The number of carbonyl (C=O) groups excluding carboxylic acids is 1. The normalized spacial score (nSPS) is 14.0. The number of amides is 1. The number of fused-ring (bicyclic) bond motifs is 1. The van der Waals surface area contributed by atoms with Crippen LogP contribution in [0, 0.1) is 0 Å². The lowest BCUT2D eigenvalue weighted by Gasteiger charge is -2.27. The van der Waals surface area contributed by atoms with Crippen molar-refractivity contribution in [3.63, 3.8) is 0 Å². The first-order valence-corrected chi connectivity index (χ1v) is 12.8. The van der Waals surface area contributed by atoms with Crippen molar-refractivity contribution < 1.29 is 14.3 Å². The van der Waals surface area contributed by atoms with Crippen LogP contribution in [-0.4, -0.2) is 61.8 Å². The molecule has 0 radical (unpaired) electrons. The van der Waals surface area contributed by atoms with Crippen molar-refractivity contribution in [2.75, 3.05) is 50.9 Å². The Bertz CT molecular complexity index is 989. The molecule has 2 aromatic carbocycles. The van der Waals surface area contributed by atoms with Crippen molar-refractivity contribution in [3.8, 4) is 5.75 Å². The fourth-order valence-electron chi connectivity index (χ4n) is 3.93. The van der Waals surface area contributed by atoms with E-state index in [1.165, 1.54) is 6.42 Å². The number of rotatable bonds is 11. The molecule has 1 aliphatic rings. The summed E-state index contributed by atoms with van der Waals surface area (Å²) in [4.78, 5) is 22.5. The lowest BCUT2D eigenvalue weighted by molar-refractivity contribution is 0.0376. The number of para-hydroxylation sites is 1. The molecule has 1 fully saturated rings. The number of halogens is 1. The average molecular weight is 504 g/mol. The van der Waals surface area contributed by atoms with E-state index in [9.17, 15) is 4.79 Å². The van der Waals surface area contributed by atoms with Gasteiger partial charge in [-0.25, -0.2) is 4.98 Å². The van der Waals surface area contributed by atoms with Crippen molar-refractivity contribution in [1.82, 2.24) is 9.88 Å². The van der Waals surface area contributed by atoms with Crippen LogP contribution in [0.1, 0.15) is 43.0 Å². The van der Waals surface area contributed by atoms with Crippen LogP contribution in [0.15, 0.2) is 48.5 Å². The number of thiazole rings is 1. The molecule has 0 atom stereocenters. The maximum absolute atomic E-state index is 13.5. The smallest absolute Gasteiger partial charge is 0.260 e. The van der Waals surface area contributed by atoms with Crippen LogP contribution in [-0.2, 0) is 4.74 Å². The molecular formula is C26H34ClN3O3S. The van der Waals surface area contributed by atoms with Crippen molar-refractivity contribution >= 4 is 45.0 Å². The molecule has 8 heteroatoms. The maximum Gasteiger partial charge on any atom is 0.260 e. The van der Waals surface area contributed by atoms with E-state index in [4.69, 9.17) is 14.5 Å². The second kappa shape index (κ2) is 13.6. The van der Waals surface area contributed by atoms with Crippen molar-refractivity contribution in [2.24, 2.45) is 0 Å². The molecule has 1 aliphatic heterocycles. The summed E-state index contributed by atoms with van der Waals surface area (Å²) in [6.07, 6.45) is 4.27.